The van der Waals surface area contributed by atoms with E-state index in [9.17, 15) is 18.0 Å². The van der Waals surface area contributed by atoms with E-state index in [0.29, 0.717) is 24.3 Å². The van der Waals surface area contributed by atoms with Gasteiger partial charge in [-0.1, -0.05) is 0 Å². The predicted octanol–water partition coefficient (Wildman–Crippen LogP) is 3.31. The number of anilines is 1. The van der Waals surface area contributed by atoms with Gasteiger partial charge in [0, 0.05) is 29.9 Å². The molecule has 0 atom stereocenters. The van der Waals surface area contributed by atoms with Gasteiger partial charge in [-0.3, -0.25) is 9.59 Å². The Labute approximate surface area is 175 Å². The summed E-state index contributed by atoms with van der Waals surface area (Å²) in [5.74, 6) is -0.683. The Morgan fingerprint density at radius 1 is 1.00 bits per heavy atom. The van der Waals surface area contributed by atoms with Gasteiger partial charge in [0.1, 0.15) is 9.77 Å². The van der Waals surface area contributed by atoms with Crippen molar-refractivity contribution in [2.75, 3.05) is 18.4 Å². The smallest absolute Gasteiger partial charge is 0.267 e. The minimum atomic E-state index is -3.67. The van der Waals surface area contributed by atoms with Gasteiger partial charge in [-0.15, -0.1) is 11.3 Å². The maximum atomic E-state index is 12.8. The Hall–Kier alpha value is -2.23. The van der Waals surface area contributed by atoms with Crippen LogP contribution in [0.4, 0.5) is 5.69 Å². The lowest BCUT2D eigenvalue weighted by Gasteiger charge is -2.20. The Morgan fingerprint density at radius 2 is 1.62 bits per heavy atom. The average molecular weight is 436 g/mol. The zero-order chi connectivity index (χ0) is 21.2. The second-order valence-corrected chi connectivity index (χ2v) is 10.8. The quantitative estimate of drug-likeness (QED) is 0.753. The first-order valence-electron chi connectivity index (χ1n) is 9.39. The third-order valence-electron chi connectivity index (χ3n) is 4.41. The zero-order valence-corrected chi connectivity index (χ0v) is 18.3. The van der Waals surface area contributed by atoms with Crippen LogP contribution >= 0.6 is 11.3 Å². The topological polar surface area (TPSA) is 95.6 Å². The molecule has 1 fully saturated rings. The molecule has 2 heterocycles. The van der Waals surface area contributed by atoms with Crippen LogP contribution < -0.4 is 10.6 Å². The van der Waals surface area contributed by atoms with Crippen LogP contribution in [0, 0.1) is 0 Å². The van der Waals surface area contributed by atoms with E-state index in [1.807, 2.05) is 20.8 Å². The van der Waals surface area contributed by atoms with Gasteiger partial charge in [-0.05, 0) is 69.3 Å². The highest BCUT2D eigenvalue weighted by Crippen LogP contribution is 2.28. The van der Waals surface area contributed by atoms with Gasteiger partial charge >= 0.3 is 0 Å². The second-order valence-electron chi connectivity index (χ2n) is 7.96. The predicted molar refractivity (Wildman–Crippen MR) is 114 cm³/mol. The summed E-state index contributed by atoms with van der Waals surface area (Å²) in [6.07, 6.45) is 1.67. The number of sulfonamides is 1. The van der Waals surface area contributed by atoms with Crippen molar-refractivity contribution >= 4 is 38.9 Å². The molecule has 2 N–H and O–H groups in total. The van der Waals surface area contributed by atoms with Crippen LogP contribution in [0.2, 0.25) is 0 Å². The van der Waals surface area contributed by atoms with Crippen molar-refractivity contribution in [1.82, 2.24) is 9.62 Å². The van der Waals surface area contributed by atoms with Crippen LogP contribution in [0.25, 0.3) is 0 Å². The van der Waals surface area contributed by atoms with E-state index in [0.717, 1.165) is 24.2 Å². The van der Waals surface area contributed by atoms with E-state index in [4.69, 9.17) is 0 Å². The van der Waals surface area contributed by atoms with Gasteiger partial charge in [-0.2, -0.15) is 4.31 Å². The molecule has 0 unspecified atom stereocenters. The number of hydrogen-bond acceptors (Lipinski definition) is 5. The fraction of sp³-hybridized carbons (Fsp3) is 0.400. The maximum Gasteiger partial charge on any atom is 0.267 e. The molecule has 1 aliphatic heterocycles. The number of carbonyl (C=O) groups is 2. The fourth-order valence-electron chi connectivity index (χ4n) is 3.04. The van der Waals surface area contributed by atoms with Crippen LogP contribution in [0.5, 0.6) is 0 Å². The van der Waals surface area contributed by atoms with Gasteiger partial charge in [0.05, 0.1) is 0 Å². The summed E-state index contributed by atoms with van der Waals surface area (Å²) in [6, 6.07) is 7.96. The van der Waals surface area contributed by atoms with Crippen LogP contribution in [-0.4, -0.2) is 43.2 Å². The molecule has 2 aromatic rings. The van der Waals surface area contributed by atoms with Gasteiger partial charge < -0.3 is 10.6 Å². The summed E-state index contributed by atoms with van der Waals surface area (Å²) in [5, 5.41) is 7.20. The van der Waals surface area contributed by atoms with E-state index in [1.165, 1.54) is 10.4 Å². The van der Waals surface area contributed by atoms with Crippen molar-refractivity contribution in [3.63, 3.8) is 0 Å². The summed E-state index contributed by atoms with van der Waals surface area (Å²) in [6.45, 7) is 6.66. The molecule has 29 heavy (non-hydrogen) atoms. The first kappa shape index (κ1) is 21.5. The maximum absolute atomic E-state index is 12.8. The van der Waals surface area contributed by atoms with Gasteiger partial charge in [0.25, 0.3) is 11.8 Å². The van der Waals surface area contributed by atoms with E-state index in [-0.39, 0.29) is 21.2 Å². The second kappa shape index (κ2) is 8.25. The van der Waals surface area contributed by atoms with Crippen LogP contribution in [-0.2, 0) is 10.0 Å². The number of amides is 2. The Kier molecular flexibility index (Phi) is 6.11. The van der Waals surface area contributed by atoms with Crippen molar-refractivity contribution in [1.29, 1.82) is 0 Å². The Bertz CT molecular complexity index is 999. The van der Waals surface area contributed by atoms with E-state index < -0.39 is 15.9 Å². The lowest BCUT2D eigenvalue weighted by Crippen LogP contribution is -2.40. The molecule has 156 valence electrons. The van der Waals surface area contributed by atoms with Crippen molar-refractivity contribution in [3.05, 3.63) is 46.2 Å². The SMILES string of the molecule is CC(C)(C)NC(=O)c1ccc(NC(=O)c2sccc2S(=O)(=O)N2CCCC2)cc1. The van der Waals surface area contributed by atoms with E-state index in [1.54, 1.807) is 29.6 Å². The summed E-state index contributed by atoms with van der Waals surface area (Å²) in [4.78, 5) is 25.1. The van der Waals surface area contributed by atoms with Crippen molar-refractivity contribution < 1.29 is 18.0 Å². The number of rotatable bonds is 5. The standard InChI is InChI=1S/C20H25N3O4S2/c1-20(2,3)22-18(24)14-6-8-15(9-7-14)21-19(25)17-16(10-13-28-17)29(26,27)23-11-4-5-12-23/h6-10,13H,4-5,11-12H2,1-3H3,(H,21,25)(H,22,24). The molecule has 1 aromatic carbocycles. The van der Waals surface area contributed by atoms with E-state index in [2.05, 4.69) is 10.6 Å². The number of carbonyl (C=O) groups excluding carboxylic acids is 2. The Balaban J connectivity index is 1.73. The van der Waals surface area contributed by atoms with Gasteiger partial charge in [-0.25, -0.2) is 8.42 Å². The molecule has 0 aliphatic carbocycles. The normalized spacial score (nSPS) is 15.3. The lowest BCUT2D eigenvalue weighted by molar-refractivity contribution is 0.0919. The zero-order valence-electron chi connectivity index (χ0n) is 16.7. The van der Waals surface area contributed by atoms with Crippen molar-refractivity contribution in [3.8, 4) is 0 Å². The molecule has 0 saturated carbocycles. The monoisotopic (exact) mass is 435 g/mol. The van der Waals surface area contributed by atoms with Gasteiger partial charge in [0.2, 0.25) is 10.0 Å². The molecule has 2 amide bonds. The number of thiophene rings is 1. The third-order valence-corrected chi connectivity index (χ3v) is 7.40. The summed E-state index contributed by atoms with van der Waals surface area (Å²) in [7, 11) is -3.67. The summed E-state index contributed by atoms with van der Waals surface area (Å²) >= 11 is 1.09. The van der Waals surface area contributed by atoms with Crippen LogP contribution in [0.3, 0.4) is 0 Å². The summed E-state index contributed by atoms with van der Waals surface area (Å²) in [5.41, 5.74) is 0.618. The van der Waals surface area contributed by atoms with Crippen molar-refractivity contribution in [2.45, 2.75) is 44.0 Å². The minimum absolute atomic E-state index is 0.0445. The lowest BCUT2D eigenvalue weighted by atomic mass is 10.1. The molecule has 1 saturated heterocycles. The van der Waals surface area contributed by atoms with Crippen molar-refractivity contribution in [2.24, 2.45) is 0 Å². The highest BCUT2D eigenvalue weighted by Gasteiger charge is 2.31. The largest absolute Gasteiger partial charge is 0.347 e. The number of benzene rings is 1. The molecule has 1 aromatic heterocycles. The molecule has 0 radical (unpaired) electrons. The number of nitrogens with zero attached hydrogens (tertiary/aromatic N) is 1. The molecule has 9 heteroatoms. The van der Waals surface area contributed by atoms with Crippen LogP contribution in [0.15, 0.2) is 40.6 Å². The molecule has 3 rings (SSSR count). The molecule has 0 spiro atoms. The molecular weight excluding hydrogens is 410 g/mol. The summed E-state index contributed by atoms with van der Waals surface area (Å²) < 4.78 is 27.1. The van der Waals surface area contributed by atoms with Crippen LogP contribution in [0.1, 0.15) is 53.6 Å². The fourth-order valence-corrected chi connectivity index (χ4v) is 5.85. The minimum Gasteiger partial charge on any atom is -0.347 e. The number of hydrogen-bond donors (Lipinski definition) is 2. The molecule has 0 bridgehead atoms. The highest BCUT2D eigenvalue weighted by atomic mass is 32.2. The average Bonchev–Trinajstić information content (AvgIpc) is 3.33. The van der Waals surface area contributed by atoms with E-state index >= 15 is 0 Å². The molecular formula is C20H25N3O4S2. The first-order valence-corrected chi connectivity index (χ1v) is 11.7. The van der Waals surface area contributed by atoms with Gasteiger partial charge in [0.15, 0.2) is 0 Å². The third kappa shape index (κ3) is 5.04. The first-order chi connectivity index (χ1) is 13.6. The Morgan fingerprint density at radius 3 is 2.21 bits per heavy atom. The highest BCUT2D eigenvalue weighted by molar-refractivity contribution is 7.89. The molecule has 1 aliphatic rings. The number of nitrogens with one attached hydrogen (secondary N) is 2. The molecule has 7 nitrogen and oxygen atoms in total.